The zero-order chi connectivity index (χ0) is 10.2. The van der Waals surface area contributed by atoms with Crippen LogP contribution in [0.1, 0.15) is 27.7 Å². The Morgan fingerprint density at radius 1 is 1.38 bits per heavy atom. The predicted octanol–water partition coefficient (Wildman–Crippen LogP) is 1.20. The summed E-state index contributed by atoms with van der Waals surface area (Å²) in [6, 6.07) is 0. The molecular weight excluding hydrogens is 168 g/mol. The molecule has 1 fully saturated rings. The first kappa shape index (κ1) is 10.5. The van der Waals surface area contributed by atoms with E-state index in [0.717, 1.165) is 0 Å². The van der Waals surface area contributed by atoms with Crippen LogP contribution in [0, 0.1) is 17.8 Å². The maximum Gasteiger partial charge on any atom is 0.311 e. The molecule has 1 aliphatic rings. The molecule has 76 valence electrons. The molecule has 13 heavy (non-hydrogen) atoms. The standard InChI is InChI=1S/C10H18O3/c1-5(2)9-6(3)8(11)7(4)10(12)13-9/h5-9,11H,1-4H3. The van der Waals surface area contributed by atoms with Crippen molar-refractivity contribution in [1.82, 2.24) is 0 Å². The van der Waals surface area contributed by atoms with Crippen LogP contribution in [-0.2, 0) is 9.53 Å². The summed E-state index contributed by atoms with van der Waals surface area (Å²) in [4.78, 5) is 11.3. The van der Waals surface area contributed by atoms with Gasteiger partial charge in [0.15, 0.2) is 0 Å². The van der Waals surface area contributed by atoms with Gasteiger partial charge >= 0.3 is 5.97 Å². The van der Waals surface area contributed by atoms with Crippen molar-refractivity contribution in [2.75, 3.05) is 0 Å². The molecule has 0 bridgehead atoms. The normalized spacial score (nSPS) is 40.6. The van der Waals surface area contributed by atoms with Crippen LogP contribution in [0.4, 0.5) is 0 Å². The van der Waals surface area contributed by atoms with Gasteiger partial charge in [0.1, 0.15) is 6.10 Å². The number of rotatable bonds is 1. The summed E-state index contributed by atoms with van der Waals surface area (Å²) in [6.45, 7) is 7.63. The molecule has 3 nitrogen and oxygen atoms in total. The quantitative estimate of drug-likeness (QED) is 0.626. The SMILES string of the molecule is CC(C)C1OC(=O)C(C)C(O)C1C. The lowest BCUT2D eigenvalue weighted by molar-refractivity contribution is -0.181. The monoisotopic (exact) mass is 186 g/mol. The number of carbonyl (C=O) groups excluding carboxylic acids is 1. The van der Waals surface area contributed by atoms with Crippen molar-refractivity contribution in [3.63, 3.8) is 0 Å². The third-order valence-corrected chi connectivity index (χ3v) is 2.85. The molecule has 1 saturated heterocycles. The minimum Gasteiger partial charge on any atom is -0.461 e. The van der Waals surface area contributed by atoms with Crippen LogP contribution >= 0.6 is 0 Å². The molecule has 4 atom stereocenters. The third kappa shape index (κ3) is 1.85. The first-order valence-corrected chi connectivity index (χ1v) is 4.83. The van der Waals surface area contributed by atoms with Crippen molar-refractivity contribution in [1.29, 1.82) is 0 Å². The second kappa shape index (κ2) is 3.66. The second-order valence-corrected chi connectivity index (χ2v) is 4.28. The van der Waals surface area contributed by atoms with Crippen molar-refractivity contribution in [2.45, 2.75) is 39.9 Å². The zero-order valence-electron chi connectivity index (χ0n) is 8.65. The zero-order valence-corrected chi connectivity index (χ0v) is 8.65. The maximum atomic E-state index is 11.3. The number of ether oxygens (including phenoxy) is 1. The van der Waals surface area contributed by atoms with Gasteiger partial charge in [-0.3, -0.25) is 4.79 Å². The van der Waals surface area contributed by atoms with E-state index < -0.39 is 6.10 Å². The Bertz CT molecular complexity index is 200. The van der Waals surface area contributed by atoms with E-state index in [-0.39, 0.29) is 29.8 Å². The van der Waals surface area contributed by atoms with Gasteiger partial charge in [-0.15, -0.1) is 0 Å². The van der Waals surface area contributed by atoms with Gasteiger partial charge in [0.2, 0.25) is 0 Å². The molecule has 1 rings (SSSR count). The van der Waals surface area contributed by atoms with Gasteiger partial charge < -0.3 is 9.84 Å². The largest absolute Gasteiger partial charge is 0.461 e. The van der Waals surface area contributed by atoms with Crippen LogP contribution in [0.25, 0.3) is 0 Å². The molecule has 0 spiro atoms. The molecule has 0 aromatic heterocycles. The smallest absolute Gasteiger partial charge is 0.311 e. The summed E-state index contributed by atoms with van der Waals surface area (Å²) in [7, 11) is 0. The van der Waals surface area contributed by atoms with Crippen molar-refractivity contribution < 1.29 is 14.6 Å². The van der Waals surface area contributed by atoms with E-state index in [4.69, 9.17) is 4.74 Å². The van der Waals surface area contributed by atoms with E-state index in [1.54, 1.807) is 6.92 Å². The van der Waals surface area contributed by atoms with Gasteiger partial charge in [-0.1, -0.05) is 20.8 Å². The lowest BCUT2D eigenvalue weighted by Crippen LogP contribution is -2.48. The third-order valence-electron chi connectivity index (χ3n) is 2.85. The molecule has 1 heterocycles. The lowest BCUT2D eigenvalue weighted by Gasteiger charge is -2.38. The fourth-order valence-corrected chi connectivity index (χ4v) is 1.88. The van der Waals surface area contributed by atoms with Crippen LogP contribution in [0.2, 0.25) is 0 Å². The molecule has 0 aromatic carbocycles. The number of aliphatic hydroxyl groups is 1. The van der Waals surface area contributed by atoms with Gasteiger partial charge in [-0.05, 0) is 12.8 Å². The van der Waals surface area contributed by atoms with E-state index >= 15 is 0 Å². The number of cyclic esters (lactones) is 1. The van der Waals surface area contributed by atoms with E-state index in [1.165, 1.54) is 0 Å². The minimum atomic E-state index is -0.561. The van der Waals surface area contributed by atoms with E-state index in [1.807, 2.05) is 20.8 Å². The lowest BCUT2D eigenvalue weighted by atomic mass is 9.82. The van der Waals surface area contributed by atoms with Crippen LogP contribution in [0.3, 0.4) is 0 Å². The number of aliphatic hydroxyl groups excluding tert-OH is 1. The Morgan fingerprint density at radius 3 is 2.38 bits per heavy atom. The molecule has 1 aliphatic heterocycles. The highest BCUT2D eigenvalue weighted by atomic mass is 16.5. The van der Waals surface area contributed by atoms with Crippen molar-refractivity contribution in [3.8, 4) is 0 Å². The van der Waals surface area contributed by atoms with Crippen LogP contribution < -0.4 is 0 Å². The summed E-state index contributed by atoms with van der Waals surface area (Å²) in [6.07, 6.45) is -0.702. The highest BCUT2D eigenvalue weighted by molar-refractivity contribution is 5.73. The number of carbonyl (C=O) groups is 1. The average Bonchev–Trinajstić information content (AvgIpc) is 2.07. The summed E-state index contributed by atoms with van der Waals surface area (Å²) in [5.41, 5.74) is 0. The van der Waals surface area contributed by atoms with E-state index in [9.17, 15) is 9.90 Å². The molecule has 0 saturated carbocycles. The predicted molar refractivity (Wildman–Crippen MR) is 49.1 cm³/mol. The Morgan fingerprint density at radius 2 is 1.92 bits per heavy atom. The average molecular weight is 186 g/mol. The highest BCUT2D eigenvalue weighted by Gasteiger charge is 2.41. The first-order valence-electron chi connectivity index (χ1n) is 4.83. The molecule has 0 aliphatic carbocycles. The van der Waals surface area contributed by atoms with Crippen molar-refractivity contribution in [3.05, 3.63) is 0 Å². The first-order chi connectivity index (χ1) is 5.95. The van der Waals surface area contributed by atoms with Gasteiger partial charge in [0, 0.05) is 5.92 Å². The minimum absolute atomic E-state index is 0.0349. The van der Waals surface area contributed by atoms with Gasteiger partial charge in [-0.2, -0.15) is 0 Å². The maximum absolute atomic E-state index is 11.3. The van der Waals surface area contributed by atoms with Crippen molar-refractivity contribution in [2.24, 2.45) is 17.8 Å². The molecule has 0 amide bonds. The molecule has 0 aromatic rings. The van der Waals surface area contributed by atoms with Crippen LogP contribution in [0.15, 0.2) is 0 Å². The molecule has 0 radical (unpaired) electrons. The fraction of sp³-hybridized carbons (Fsp3) is 0.900. The van der Waals surface area contributed by atoms with Crippen LogP contribution in [0.5, 0.6) is 0 Å². The Kier molecular flexibility index (Phi) is 2.96. The summed E-state index contributed by atoms with van der Waals surface area (Å²) in [5, 5.41) is 9.74. The Labute approximate surface area is 79.1 Å². The second-order valence-electron chi connectivity index (χ2n) is 4.28. The topological polar surface area (TPSA) is 46.5 Å². The molecule has 3 heteroatoms. The Balaban J connectivity index is 2.76. The van der Waals surface area contributed by atoms with E-state index in [0.29, 0.717) is 0 Å². The highest BCUT2D eigenvalue weighted by Crippen LogP contribution is 2.30. The molecular formula is C10H18O3. The Hall–Kier alpha value is -0.570. The number of hydrogen-bond donors (Lipinski definition) is 1. The summed E-state index contributed by atoms with van der Waals surface area (Å²) >= 11 is 0. The van der Waals surface area contributed by atoms with Crippen LogP contribution in [-0.4, -0.2) is 23.3 Å². The van der Waals surface area contributed by atoms with Crippen molar-refractivity contribution >= 4 is 5.97 Å². The summed E-state index contributed by atoms with van der Waals surface area (Å²) in [5.74, 6) is -0.358. The molecule has 4 unspecified atom stereocenters. The van der Waals surface area contributed by atoms with E-state index in [2.05, 4.69) is 0 Å². The van der Waals surface area contributed by atoms with Gasteiger partial charge in [-0.25, -0.2) is 0 Å². The van der Waals surface area contributed by atoms with Gasteiger partial charge in [0.25, 0.3) is 0 Å². The van der Waals surface area contributed by atoms with Gasteiger partial charge in [0.05, 0.1) is 12.0 Å². The number of esters is 1. The molecule has 1 N–H and O–H groups in total. The number of hydrogen-bond acceptors (Lipinski definition) is 3. The fourth-order valence-electron chi connectivity index (χ4n) is 1.88. The summed E-state index contributed by atoms with van der Waals surface area (Å²) < 4.78 is 5.24.